The maximum Gasteiger partial charge on any atom is 0.220 e. The number of amides is 1. The molecule has 24 heavy (non-hydrogen) atoms. The van der Waals surface area contributed by atoms with E-state index in [1.807, 2.05) is 0 Å². The average Bonchev–Trinajstić information content (AvgIpc) is 3.11. The van der Waals surface area contributed by atoms with Gasteiger partial charge < -0.3 is 15.1 Å². The Labute approximate surface area is 146 Å². The average molecular weight is 329 g/mol. The van der Waals surface area contributed by atoms with Gasteiger partial charge in [-0.05, 0) is 76.4 Å². The predicted molar refractivity (Wildman–Crippen MR) is 99.3 cm³/mol. The Morgan fingerprint density at radius 1 is 1.12 bits per heavy atom. The van der Waals surface area contributed by atoms with Crippen molar-refractivity contribution in [1.29, 1.82) is 0 Å². The van der Waals surface area contributed by atoms with Crippen LogP contribution < -0.4 is 10.2 Å². The maximum absolute atomic E-state index is 12.3. The minimum absolute atomic E-state index is 0.0800. The zero-order valence-electron chi connectivity index (χ0n) is 15.1. The van der Waals surface area contributed by atoms with Crippen LogP contribution in [0.2, 0.25) is 0 Å². The second-order valence-corrected chi connectivity index (χ2v) is 7.53. The number of likely N-dealkylation sites (tertiary alicyclic amines) is 1. The number of benzene rings is 1. The fourth-order valence-corrected chi connectivity index (χ4v) is 3.86. The molecule has 132 valence electrons. The maximum atomic E-state index is 12.3. The van der Waals surface area contributed by atoms with Crippen LogP contribution in [-0.2, 0) is 4.79 Å². The van der Waals surface area contributed by atoms with Gasteiger partial charge in [0.15, 0.2) is 0 Å². The summed E-state index contributed by atoms with van der Waals surface area (Å²) in [5.41, 5.74) is 2.50. The molecule has 1 amide bonds. The Bertz CT molecular complexity index is 528. The number of anilines is 1. The smallest absolute Gasteiger partial charge is 0.220 e. The molecular formula is C20H31N3O. The number of nitrogens with one attached hydrogen (secondary N) is 1. The van der Waals surface area contributed by atoms with E-state index in [1.54, 1.807) is 0 Å². The minimum atomic E-state index is 0.0800. The zero-order chi connectivity index (χ0) is 16.9. The lowest BCUT2D eigenvalue weighted by Gasteiger charge is -2.28. The van der Waals surface area contributed by atoms with Gasteiger partial charge in [-0.15, -0.1) is 0 Å². The molecule has 1 aromatic carbocycles. The third-order valence-corrected chi connectivity index (χ3v) is 5.55. The normalized spacial score (nSPS) is 21.0. The van der Waals surface area contributed by atoms with Gasteiger partial charge in [-0.1, -0.05) is 12.1 Å². The second kappa shape index (κ2) is 8.02. The lowest BCUT2D eigenvalue weighted by atomic mass is 9.93. The summed E-state index contributed by atoms with van der Waals surface area (Å²) in [5, 5.41) is 3.18. The third-order valence-electron chi connectivity index (χ3n) is 5.55. The predicted octanol–water partition coefficient (Wildman–Crippen LogP) is 3.20. The number of piperidine rings is 1. The summed E-state index contributed by atoms with van der Waals surface area (Å²) in [4.78, 5) is 17.1. The summed E-state index contributed by atoms with van der Waals surface area (Å²) in [6, 6.07) is 8.79. The molecule has 2 heterocycles. The largest absolute Gasteiger partial charge is 0.372 e. The van der Waals surface area contributed by atoms with Crippen LogP contribution >= 0.6 is 0 Å². The van der Waals surface area contributed by atoms with Gasteiger partial charge in [0.25, 0.3) is 0 Å². The van der Waals surface area contributed by atoms with Crippen LogP contribution in [0, 0.1) is 5.92 Å². The van der Waals surface area contributed by atoms with E-state index in [-0.39, 0.29) is 11.9 Å². The summed E-state index contributed by atoms with van der Waals surface area (Å²) in [5.74, 6) is 0.742. The van der Waals surface area contributed by atoms with Crippen molar-refractivity contribution in [2.45, 2.75) is 45.1 Å². The van der Waals surface area contributed by atoms with Crippen molar-refractivity contribution in [3.8, 4) is 0 Å². The quantitative estimate of drug-likeness (QED) is 0.901. The Morgan fingerprint density at radius 2 is 1.75 bits per heavy atom. The molecule has 1 aromatic rings. The number of hydrogen-bond acceptors (Lipinski definition) is 3. The highest BCUT2D eigenvalue weighted by Crippen LogP contribution is 2.23. The van der Waals surface area contributed by atoms with Gasteiger partial charge in [0.1, 0.15) is 0 Å². The highest BCUT2D eigenvalue weighted by atomic mass is 16.1. The molecule has 0 aromatic heterocycles. The zero-order valence-corrected chi connectivity index (χ0v) is 15.1. The fourth-order valence-electron chi connectivity index (χ4n) is 3.86. The highest BCUT2D eigenvalue weighted by Gasteiger charge is 2.20. The van der Waals surface area contributed by atoms with Crippen LogP contribution in [0.15, 0.2) is 24.3 Å². The van der Waals surface area contributed by atoms with E-state index in [0.29, 0.717) is 12.3 Å². The number of hydrogen-bond donors (Lipinski definition) is 1. The first-order valence-corrected chi connectivity index (χ1v) is 9.44. The van der Waals surface area contributed by atoms with E-state index in [1.165, 1.54) is 37.2 Å². The Morgan fingerprint density at radius 3 is 2.38 bits per heavy atom. The van der Waals surface area contributed by atoms with Gasteiger partial charge in [-0.25, -0.2) is 0 Å². The molecule has 4 heteroatoms. The molecule has 1 atom stereocenters. The van der Waals surface area contributed by atoms with E-state index < -0.39 is 0 Å². The number of rotatable bonds is 5. The van der Waals surface area contributed by atoms with Crippen molar-refractivity contribution in [3.05, 3.63) is 29.8 Å². The van der Waals surface area contributed by atoms with Crippen LogP contribution in [0.1, 0.15) is 50.6 Å². The van der Waals surface area contributed by atoms with Gasteiger partial charge >= 0.3 is 0 Å². The number of carbonyl (C=O) groups excluding carboxylic acids is 1. The summed E-state index contributed by atoms with van der Waals surface area (Å²) in [6.07, 6.45) is 5.55. The molecule has 2 fully saturated rings. The minimum Gasteiger partial charge on any atom is -0.372 e. The van der Waals surface area contributed by atoms with Gasteiger partial charge in [0.05, 0.1) is 6.04 Å². The van der Waals surface area contributed by atoms with E-state index in [4.69, 9.17) is 0 Å². The first kappa shape index (κ1) is 17.3. The van der Waals surface area contributed by atoms with Gasteiger partial charge in [0, 0.05) is 25.2 Å². The third kappa shape index (κ3) is 4.50. The van der Waals surface area contributed by atoms with Crippen LogP contribution in [-0.4, -0.2) is 44.0 Å². The molecule has 2 aliphatic rings. The molecule has 3 rings (SSSR count). The molecule has 0 saturated carbocycles. The summed E-state index contributed by atoms with van der Waals surface area (Å²) in [6.45, 7) is 6.65. The number of nitrogens with zero attached hydrogens (tertiary/aromatic N) is 2. The molecule has 2 aliphatic heterocycles. The van der Waals surface area contributed by atoms with Crippen molar-refractivity contribution in [2.75, 3.05) is 38.1 Å². The first-order chi connectivity index (χ1) is 11.6. The lowest BCUT2D eigenvalue weighted by molar-refractivity contribution is -0.123. The summed E-state index contributed by atoms with van der Waals surface area (Å²) in [7, 11) is 2.16. The molecule has 1 unspecified atom stereocenters. The number of carbonyl (C=O) groups is 1. The first-order valence-electron chi connectivity index (χ1n) is 9.44. The van der Waals surface area contributed by atoms with Crippen molar-refractivity contribution in [2.24, 2.45) is 5.92 Å². The van der Waals surface area contributed by atoms with E-state index in [0.717, 1.165) is 25.9 Å². The summed E-state index contributed by atoms with van der Waals surface area (Å²) < 4.78 is 0. The Hall–Kier alpha value is -1.55. The van der Waals surface area contributed by atoms with Crippen molar-refractivity contribution in [1.82, 2.24) is 10.2 Å². The molecule has 1 N–H and O–H groups in total. The van der Waals surface area contributed by atoms with Crippen molar-refractivity contribution in [3.63, 3.8) is 0 Å². The van der Waals surface area contributed by atoms with Crippen LogP contribution in [0.4, 0.5) is 5.69 Å². The standard InChI is InChI=1S/C20H31N3O/c1-16(21-20(24)15-17-9-13-22(2)14-10-17)18-5-7-19(8-6-18)23-11-3-4-12-23/h5-8,16-17H,3-4,9-15H2,1-2H3,(H,21,24). The van der Waals surface area contributed by atoms with Crippen LogP contribution in [0.5, 0.6) is 0 Å². The molecule has 0 spiro atoms. The van der Waals surface area contributed by atoms with Crippen LogP contribution in [0.25, 0.3) is 0 Å². The van der Waals surface area contributed by atoms with E-state index in [9.17, 15) is 4.79 Å². The molecule has 0 bridgehead atoms. The molecule has 0 aliphatic carbocycles. The highest BCUT2D eigenvalue weighted by molar-refractivity contribution is 5.76. The fraction of sp³-hybridized carbons (Fsp3) is 0.650. The van der Waals surface area contributed by atoms with E-state index in [2.05, 4.69) is 53.4 Å². The molecule has 4 nitrogen and oxygen atoms in total. The second-order valence-electron chi connectivity index (χ2n) is 7.53. The van der Waals surface area contributed by atoms with Gasteiger partial charge in [0.2, 0.25) is 5.91 Å². The monoisotopic (exact) mass is 329 g/mol. The molecule has 0 radical (unpaired) electrons. The Balaban J connectivity index is 1.48. The van der Waals surface area contributed by atoms with Crippen molar-refractivity contribution < 1.29 is 4.79 Å². The van der Waals surface area contributed by atoms with Crippen molar-refractivity contribution >= 4 is 11.6 Å². The van der Waals surface area contributed by atoms with Gasteiger partial charge in [-0.2, -0.15) is 0 Å². The Kier molecular flexibility index (Phi) is 5.77. The van der Waals surface area contributed by atoms with Gasteiger partial charge in [-0.3, -0.25) is 4.79 Å². The SMILES string of the molecule is CC(NC(=O)CC1CCN(C)CC1)c1ccc(N2CCCC2)cc1. The summed E-state index contributed by atoms with van der Waals surface area (Å²) >= 11 is 0. The lowest BCUT2D eigenvalue weighted by Crippen LogP contribution is -2.34. The van der Waals surface area contributed by atoms with Crippen LogP contribution in [0.3, 0.4) is 0 Å². The molecular weight excluding hydrogens is 298 g/mol. The molecule has 2 saturated heterocycles. The van der Waals surface area contributed by atoms with E-state index >= 15 is 0 Å². The topological polar surface area (TPSA) is 35.6 Å².